The Morgan fingerprint density at radius 3 is 2.79 bits per heavy atom. The third-order valence-electron chi connectivity index (χ3n) is 4.36. The molecule has 3 heteroatoms. The van der Waals surface area contributed by atoms with Crippen LogP contribution in [0.5, 0.6) is 0 Å². The van der Waals surface area contributed by atoms with E-state index < -0.39 is 0 Å². The average molecular weight is 258 g/mol. The molecule has 0 amide bonds. The largest absolute Gasteiger partial charge is 0.299 e. The molecule has 0 spiro atoms. The van der Waals surface area contributed by atoms with Gasteiger partial charge in [-0.25, -0.2) is 0 Å². The molecule has 0 saturated heterocycles. The van der Waals surface area contributed by atoms with Crippen molar-refractivity contribution in [2.75, 3.05) is 0 Å². The summed E-state index contributed by atoms with van der Waals surface area (Å²) in [6.45, 7) is 0. The molecule has 0 aliphatic heterocycles. The van der Waals surface area contributed by atoms with Gasteiger partial charge in [-0.05, 0) is 25.3 Å². The Morgan fingerprint density at radius 1 is 1.21 bits per heavy atom. The van der Waals surface area contributed by atoms with Crippen molar-refractivity contribution in [2.24, 2.45) is 0 Å². The first-order valence-electron chi connectivity index (χ1n) is 7.55. The number of Topliss-reactive ketones (excluding diaryl/α,β-unsaturated/α-hetero) is 1. The Kier molecular flexibility index (Phi) is 3.81. The molecule has 1 aromatic heterocycles. The molecular weight excluding hydrogens is 236 g/mol. The fourth-order valence-corrected chi connectivity index (χ4v) is 3.18. The van der Waals surface area contributed by atoms with E-state index in [0.717, 1.165) is 25.0 Å². The maximum Gasteiger partial charge on any atom is 0.136 e. The van der Waals surface area contributed by atoms with Crippen LogP contribution in [0, 0.1) is 0 Å². The lowest BCUT2D eigenvalue weighted by Gasteiger charge is -2.21. The zero-order valence-corrected chi connectivity index (χ0v) is 11.5. The van der Waals surface area contributed by atoms with Gasteiger partial charge < -0.3 is 0 Å². The molecule has 0 unspecified atom stereocenters. The number of ketones is 1. The molecule has 102 valence electrons. The highest BCUT2D eigenvalue weighted by Gasteiger charge is 2.17. The maximum absolute atomic E-state index is 11.2. The molecule has 0 aromatic carbocycles. The minimum Gasteiger partial charge on any atom is -0.299 e. The molecule has 1 aromatic rings. The van der Waals surface area contributed by atoms with E-state index in [4.69, 9.17) is 5.10 Å². The number of aromatic nitrogens is 2. The Morgan fingerprint density at radius 2 is 2.05 bits per heavy atom. The lowest BCUT2D eigenvalue weighted by molar-refractivity contribution is -0.118. The second-order valence-electron chi connectivity index (χ2n) is 5.86. The third-order valence-corrected chi connectivity index (χ3v) is 4.36. The van der Waals surface area contributed by atoms with Gasteiger partial charge in [-0.2, -0.15) is 5.10 Å². The fourth-order valence-electron chi connectivity index (χ4n) is 3.18. The van der Waals surface area contributed by atoms with Crippen molar-refractivity contribution in [3.8, 4) is 0 Å². The second kappa shape index (κ2) is 5.72. The third kappa shape index (κ3) is 3.14. The van der Waals surface area contributed by atoms with E-state index in [0.29, 0.717) is 18.2 Å². The molecule has 1 saturated carbocycles. The summed E-state index contributed by atoms with van der Waals surface area (Å²) in [6, 6.07) is 2.76. The van der Waals surface area contributed by atoms with E-state index in [1.54, 1.807) is 0 Å². The van der Waals surface area contributed by atoms with Gasteiger partial charge >= 0.3 is 0 Å². The van der Waals surface area contributed by atoms with Crippen LogP contribution >= 0.6 is 0 Å². The first-order valence-corrected chi connectivity index (χ1v) is 7.55. The summed E-state index contributed by atoms with van der Waals surface area (Å²) < 4.78 is 2.17. The highest BCUT2D eigenvalue weighted by atomic mass is 16.1. The van der Waals surface area contributed by atoms with Crippen LogP contribution in [0.15, 0.2) is 23.9 Å². The van der Waals surface area contributed by atoms with Crippen LogP contribution in [0.3, 0.4) is 0 Å². The molecule has 3 nitrogen and oxygen atoms in total. The van der Waals surface area contributed by atoms with Crippen LogP contribution < -0.4 is 0 Å². The van der Waals surface area contributed by atoms with E-state index in [2.05, 4.69) is 23.0 Å². The SMILES string of the molecule is O=C1CC=C(Cc2ccn(C3CCCCC3)n2)CC1. The van der Waals surface area contributed by atoms with Gasteiger partial charge in [-0.1, -0.05) is 30.9 Å². The van der Waals surface area contributed by atoms with E-state index >= 15 is 0 Å². The first kappa shape index (κ1) is 12.6. The highest BCUT2D eigenvalue weighted by Crippen LogP contribution is 2.28. The zero-order chi connectivity index (χ0) is 13.1. The molecule has 19 heavy (non-hydrogen) atoms. The quantitative estimate of drug-likeness (QED) is 0.776. The number of carbonyl (C=O) groups excluding carboxylic acids is 1. The molecule has 1 fully saturated rings. The molecule has 2 aliphatic carbocycles. The summed E-state index contributed by atoms with van der Waals surface area (Å²) in [5.74, 6) is 0.372. The van der Waals surface area contributed by atoms with Crippen molar-refractivity contribution in [2.45, 2.75) is 63.8 Å². The number of nitrogens with zero attached hydrogens (tertiary/aromatic N) is 2. The number of rotatable bonds is 3. The summed E-state index contributed by atoms with van der Waals surface area (Å²) in [7, 11) is 0. The van der Waals surface area contributed by atoms with Crippen molar-refractivity contribution in [1.29, 1.82) is 0 Å². The van der Waals surface area contributed by atoms with Gasteiger partial charge in [-0.3, -0.25) is 9.48 Å². The van der Waals surface area contributed by atoms with Crippen LogP contribution in [0.4, 0.5) is 0 Å². The Balaban J connectivity index is 1.63. The zero-order valence-electron chi connectivity index (χ0n) is 11.5. The Bertz CT molecular complexity index is 481. The summed E-state index contributed by atoms with van der Waals surface area (Å²) in [4.78, 5) is 11.2. The van der Waals surface area contributed by atoms with Crippen LogP contribution in [-0.2, 0) is 11.2 Å². The number of hydrogen-bond donors (Lipinski definition) is 0. The monoisotopic (exact) mass is 258 g/mol. The van der Waals surface area contributed by atoms with E-state index in [1.807, 2.05) is 0 Å². The van der Waals surface area contributed by atoms with Gasteiger partial charge in [0.2, 0.25) is 0 Å². The molecule has 1 heterocycles. The van der Waals surface area contributed by atoms with Gasteiger partial charge in [0.15, 0.2) is 0 Å². The minimum absolute atomic E-state index is 0.372. The van der Waals surface area contributed by atoms with Crippen molar-refractivity contribution >= 4 is 5.78 Å². The van der Waals surface area contributed by atoms with Gasteiger partial charge in [-0.15, -0.1) is 0 Å². The van der Waals surface area contributed by atoms with Crippen LogP contribution in [0.2, 0.25) is 0 Å². The smallest absolute Gasteiger partial charge is 0.136 e. The Labute approximate surface area is 114 Å². The van der Waals surface area contributed by atoms with Crippen molar-refractivity contribution in [3.05, 3.63) is 29.6 Å². The van der Waals surface area contributed by atoms with Gasteiger partial charge in [0.25, 0.3) is 0 Å². The standard InChI is InChI=1S/C16H22N2O/c19-16-8-6-13(7-9-16)12-14-10-11-18(17-14)15-4-2-1-3-5-15/h6,10-11,15H,1-5,7-9,12H2. The van der Waals surface area contributed by atoms with Gasteiger partial charge in [0.05, 0.1) is 11.7 Å². The number of carbonyl (C=O) groups is 1. The van der Waals surface area contributed by atoms with Gasteiger partial charge in [0, 0.05) is 25.5 Å². The Hall–Kier alpha value is -1.38. The van der Waals surface area contributed by atoms with Crippen molar-refractivity contribution in [3.63, 3.8) is 0 Å². The van der Waals surface area contributed by atoms with E-state index in [-0.39, 0.29) is 0 Å². The lowest BCUT2D eigenvalue weighted by Crippen LogP contribution is -2.13. The topological polar surface area (TPSA) is 34.9 Å². The van der Waals surface area contributed by atoms with Crippen LogP contribution in [0.25, 0.3) is 0 Å². The van der Waals surface area contributed by atoms with Gasteiger partial charge in [0.1, 0.15) is 5.78 Å². The molecule has 2 aliphatic rings. The lowest BCUT2D eigenvalue weighted by atomic mass is 9.95. The van der Waals surface area contributed by atoms with E-state index in [1.165, 1.54) is 37.7 Å². The molecule has 0 atom stereocenters. The van der Waals surface area contributed by atoms with Crippen LogP contribution in [-0.4, -0.2) is 15.6 Å². The molecule has 0 bridgehead atoms. The fraction of sp³-hybridized carbons (Fsp3) is 0.625. The summed E-state index contributed by atoms with van der Waals surface area (Å²) in [5.41, 5.74) is 2.54. The minimum atomic E-state index is 0.372. The van der Waals surface area contributed by atoms with Crippen molar-refractivity contribution in [1.82, 2.24) is 9.78 Å². The molecule has 0 N–H and O–H groups in total. The normalized spacial score (nSPS) is 21.5. The first-order chi connectivity index (χ1) is 9.31. The second-order valence-corrected chi connectivity index (χ2v) is 5.86. The summed E-state index contributed by atoms with van der Waals surface area (Å²) in [5, 5.41) is 4.74. The van der Waals surface area contributed by atoms with Crippen LogP contribution in [0.1, 0.15) is 63.1 Å². The van der Waals surface area contributed by atoms with E-state index in [9.17, 15) is 4.79 Å². The summed E-state index contributed by atoms with van der Waals surface area (Å²) in [6.07, 6.45) is 14.0. The van der Waals surface area contributed by atoms with Crippen molar-refractivity contribution < 1.29 is 4.79 Å². The molecule has 3 rings (SSSR count). The number of allylic oxidation sites excluding steroid dienone is 2. The molecular formula is C16H22N2O. The summed E-state index contributed by atoms with van der Waals surface area (Å²) >= 11 is 0. The molecule has 0 radical (unpaired) electrons. The predicted octanol–water partition coefficient (Wildman–Crippen LogP) is 3.61. The maximum atomic E-state index is 11.2. The highest BCUT2D eigenvalue weighted by molar-refractivity contribution is 5.81. The predicted molar refractivity (Wildman–Crippen MR) is 75.0 cm³/mol. The number of hydrogen-bond acceptors (Lipinski definition) is 2. The average Bonchev–Trinajstić information content (AvgIpc) is 2.91.